The molecular formula is C14H14F2N4O3. The van der Waals surface area contributed by atoms with Gasteiger partial charge in [-0.05, 0) is 31.5 Å². The SMILES string of the molecule is Cc1ccc(NC(=O)Cn2nc(C(F)F)cc2C)c([N+](=O)[O-])c1. The number of aromatic nitrogens is 2. The van der Waals surface area contributed by atoms with Crippen LogP contribution in [0.15, 0.2) is 24.3 Å². The van der Waals surface area contributed by atoms with E-state index in [9.17, 15) is 23.7 Å². The standard InChI is InChI=1S/C14H14F2N4O3/c1-8-3-4-10(12(5-8)20(22)23)17-13(21)7-19-9(2)6-11(18-19)14(15)16/h3-6,14H,7H2,1-2H3,(H,17,21). The number of alkyl halides is 2. The lowest BCUT2D eigenvalue weighted by molar-refractivity contribution is -0.384. The first-order valence-electron chi connectivity index (χ1n) is 6.65. The van der Waals surface area contributed by atoms with E-state index < -0.39 is 22.9 Å². The Bertz CT molecular complexity index is 758. The van der Waals surface area contributed by atoms with E-state index in [1.807, 2.05) is 0 Å². The number of hydrogen-bond acceptors (Lipinski definition) is 4. The normalized spacial score (nSPS) is 10.8. The van der Waals surface area contributed by atoms with Gasteiger partial charge in [-0.1, -0.05) is 6.07 Å². The van der Waals surface area contributed by atoms with Crippen molar-refractivity contribution in [3.63, 3.8) is 0 Å². The van der Waals surface area contributed by atoms with E-state index >= 15 is 0 Å². The van der Waals surface area contributed by atoms with Gasteiger partial charge in [0, 0.05) is 11.8 Å². The Morgan fingerprint density at radius 3 is 2.65 bits per heavy atom. The van der Waals surface area contributed by atoms with Crippen LogP contribution in [0.2, 0.25) is 0 Å². The van der Waals surface area contributed by atoms with Gasteiger partial charge in [0.15, 0.2) is 0 Å². The highest BCUT2D eigenvalue weighted by atomic mass is 19.3. The van der Waals surface area contributed by atoms with Gasteiger partial charge in [-0.2, -0.15) is 5.10 Å². The zero-order chi connectivity index (χ0) is 17.1. The fourth-order valence-electron chi connectivity index (χ4n) is 2.03. The Balaban J connectivity index is 2.16. The van der Waals surface area contributed by atoms with E-state index in [0.29, 0.717) is 11.3 Å². The van der Waals surface area contributed by atoms with Crippen molar-refractivity contribution in [3.8, 4) is 0 Å². The topological polar surface area (TPSA) is 90.1 Å². The van der Waals surface area contributed by atoms with Crippen molar-refractivity contribution in [1.82, 2.24) is 9.78 Å². The number of anilines is 1. The molecule has 0 saturated heterocycles. The highest BCUT2D eigenvalue weighted by Crippen LogP contribution is 2.25. The summed E-state index contributed by atoms with van der Waals surface area (Å²) in [6.07, 6.45) is -2.73. The predicted molar refractivity (Wildman–Crippen MR) is 78.4 cm³/mol. The molecule has 0 radical (unpaired) electrons. The molecule has 2 rings (SSSR count). The average molecular weight is 324 g/mol. The summed E-state index contributed by atoms with van der Waals surface area (Å²) in [5.74, 6) is -0.594. The van der Waals surface area contributed by atoms with Crippen LogP contribution in [0.1, 0.15) is 23.4 Å². The van der Waals surface area contributed by atoms with Crippen molar-refractivity contribution >= 4 is 17.3 Å². The first kappa shape index (κ1) is 16.5. The molecule has 0 unspecified atom stereocenters. The summed E-state index contributed by atoms with van der Waals surface area (Å²) in [5, 5.41) is 17.0. The maximum absolute atomic E-state index is 12.6. The summed E-state index contributed by atoms with van der Waals surface area (Å²) in [6, 6.07) is 5.57. The van der Waals surface area contributed by atoms with Crippen LogP contribution in [0, 0.1) is 24.0 Å². The molecule has 0 aliphatic heterocycles. The van der Waals surface area contributed by atoms with Crippen LogP contribution in [0.3, 0.4) is 0 Å². The first-order valence-corrected chi connectivity index (χ1v) is 6.65. The van der Waals surface area contributed by atoms with Gasteiger partial charge in [-0.15, -0.1) is 0 Å². The molecule has 122 valence electrons. The van der Waals surface area contributed by atoms with Crippen LogP contribution in [0.25, 0.3) is 0 Å². The smallest absolute Gasteiger partial charge is 0.293 e. The highest BCUT2D eigenvalue weighted by molar-refractivity contribution is 5.93. The number of rotatable bonds is 5. The van der Waals surface area contributed by atoms with Gasteiger partial charge in [-0.25, -0.2) is 8.78 Å². The summed E-state index contributed by atoms with van der Waals surface area (Å²) in [7, 11) is 0. The van der Waals surface area contributed by atoms with Crippen molar-refractivity contribution in [3.05, 3.63) is 51.3 Å². The minimum absolute atomic E-state index is 0.0458. The Labute approximate surface area is 130 Å². The van der Waals surface area contributed by atoms with Crippen LogP contribution in [-0.4, -0.2) is 20.6 Å². The number of halogens is 2. The molecule has 0 saturated carbocycles. The van der Waals surface area contributed by atoms with Crippen LogP contribution >= 0.6 is 0 Å². The quantitative estimate of drug-likeness (QED) is 0.676. The predicted octanol–water partition coefficient (Wildman–Crippen LogP) is 2.98. The number of carbonyl (C=O) groups excluding carboxylic acids is 1. The fraction of sp³-hybridized carbons (Fsp3) is 0.286. The summed E-state index contributed by atoms with van der Waals surface area (Å²) < 4.78 is 26.3. The molecule has 1 aromatic heterocycles. The fourth-order valence-corrected chi connectivity index (χ4v) is 2.03. The number of carbonyl (C=O) groups is 1. The first-order chi connectivity index (χ1) is 10.8. The van der Waals surface area contributed by atoms with Crippen LogP contribution in [0.4, 0.5) is 20.2 Å². The lowest BCUT2D eigenvalue weighted by Gasteiger charge is -2.08. The lowest BCUT2D eigenvalue weighted by atomic mass is 10.2. The van der Waals surface area contributed by atoms with Crippen molar-refractivity contribution < 1.29 is 18.5 Å². The van der Waals surface area contributed by atoms with E-state index in [4.69, 9.17) is 0 Å². The molecule has 23 heavy (non-hydrogen) atoms. The molecule has 9 heteroatoms. The molecule has 0 aliphatic rings. The van der Waals surface area contributed by atoms with Crippen molar-refractivity contribution in [1.29, 1.82) is 0 Å². The number of hydrogen-bond donors (Lipinski definition) is 1. The van der Waals surface area contributed by atoms with Gasteiger partial charge < -0.3 is 5.32 Å². The van der Waals surface area contributed by atoms with E-state index in [-0.39, 0.29) is 17.9 Å². The monoisotopic (exact) mass is 324 g/mol. The average Bonchev–Trinajstić information content (AvgIpc) is 2.82. The Morgan fingerprint density at radius 2 is 2.09 bits per heavy atom. The Kier molecular flexibility index (Phi) is 4.68. The highest BCUT2D eigenvalue weighted by Gasteiger charge is 2.18. The number of aryl methyl sites for hydroxylation is 2. The molecule has 1 N–H and O–H groups in total. The van der Waals surface area contributed by atoms with E-state index in [1.54, 1.807) is 19.9 Å². The maximum atomic E-state index is 12.6. The zero-order valence-corrected chi connectivity index (χ0v) is 12.4. The third kappa shape index (κ3) is 3.87. The number of nitro groups is 1. The molecule has 0 bridgehead atoms. The van der Waals surface area contributed by atoms with E-state index in [2.05, 4.69) is 10.4 Å². The summed E-state index contributed by atoms with van der Waals surface area (Å²) in [6.45, 7) is 2.92. The van der Waals surface area contributed by atoms with Crippen molar-refractivity contribution in [2.45, 2.75) is 26.8 Å². The van der Waals surface area contributed by atoms with Crippen molar-refractivity contribution in [2.24, 2.45) is 0 Å². The third-order valence-electron chi connectivity index (χ3n) is 3.14. The van der Waals surface area contributed by atoms with Crippen LogP contribution < -0.4 is 5.32 Å². The van der Waals surface area contributed by atoms with Gasteiger partial charge in [0.2, 0.25) is 5.91 Å². The Morgan fingerprint density at radius 1 is 1.39 bits per heavy atom. The van der Waals surface area contributed by atoms with E-state index in [0.717, 1.165) is 4.68 Å². The molecule has 0 aliphatic carbocycles. The van der Waals surface area contributed by atoms with Gasteiger partial charge in [-0.3, -0.25) is 19.6 Å². The number of benzene rings is 1. The number of nitrogens with one attached hydrogen (secondary N) is 1. The second kappa shape index (κ2) is 6.51. The molecule has 1 heterocycles. The van der Waals surface area contributed by atoms with Gasteiger partial charge >= 0.3 is 0 Å². The summed E-state index contributed by atoms with van der Waals surface area (Å²) in [5.41, 5.74) is 0.470. The van der Waals surface area contributed by atoms with Crippen LogP contribution in [-0.2, 0) is 11.3 Å². The molecule has 0 spiro atoms. The number of nitrogens with zero attached hydrogens (tertiary/aromatic N) is 3. The minimum atomic E-state index is -2.73. The van der Waals surface area contributed by atoms with E-state index in [1.165, 1.54) is 18.2 Å². The minimum Gasteiger partial charge on any atom is -0.319 e. The summed E-state index contributed by atoms with van der Waals surface area (Å²) >= 11 is 0. The number of nitro benzene ring substituents is 1. The second-order valence-electron chi connectivity index (χ2n) is 4.99. The molecule has 2 aromatic rings. The summed E-state index contributed by atoms with van der Waals surface area (Å²) in [4.78, 5) is 22.4. The van der Waals surface area contributed by atoms with Gasteiger partial charge in [0.05, 0.1) is 4.92 Å². The molecule has 0 atom stereocenters. The molecule has 0 fully saturated rings. The molecule has 1 amide bonds. The van der Waals surface area contributed by atoms with Gasteiger partial charge in [0.25, 0.3) is 12.1 Å². The largest absolute Gasteiger partial charge is 0.319 e. The van der Waals surface area contributed by atoms with Crippen LogP contribution in [0.5, 0.6) is 0 Å². The van der Waals surface area contributed by atoms with Gasteiger partial charge in [0.1, 0.15) is 17.9 Å². The zero-order valence-electron chi connectivity index (χ0n) is 12.4. The molecule has 7 nitrogen and oxygen atoms in total. The maximum Gasteiger partial charge on any atom is 0.293 e. The lowest BCUT2D eigenvalue weighted by Crippen LogP contribution is -2.21. The second-order valence-corrected chi connectivity index (χ2v) is 4.99. The number of amides is 1. The Hall–Kier alpha value is -2.84. The van der Waals surface area contributed by atoms with Crippen molar-refractivity contribution in [2.75, 3.05) is 5.32 Å². The third-order valence-corrected chi connectivity index (χ3v) is 3.14. The molecular weight excluding hydrogens is 310 g/mol. The molecule has 1 aromatic carbocycles.